The Hall–Kier alpha value is -2.89. The van der Waals surface area contributed by atoms with Gasteiger partial charge in [-0.15, -0.1) is 0 Å². The smallest absolute Gasteiger partial charge is 0.343 e. The zero-order valence-electron chi connectivity index (χ0n) is 12.6. The molecule has 2 aromatic heterocycles. The normalized spacial score (nSPS) is 10.5. The quantitative estimate of drug-likeness (QED) is 0.790. The maximum absolute atomic E-state index is 12.0. The number of rotatable bonds is 5. The van der Waals surface area contributed by atoms with Gasteiger partial charge in [-0.05, 0) is 17.7 Å². The van der Waals surface area contributed by atoms with E-state index in [0.29, 0.717) is 17.3 Å². The van der Waals surface area contributed by atoms with Crippen molar-refractivity contribution < 1.29 is 19.0 Å². The Morgan fingerprint density at radius 2 is 2.00 bits per heavy atom. The van der Waals surface area contributed by atoms with Crippen molar-refractivity contribution in [1.29, 1.82) is 0 Å². The van der Waals surface area contributed by atoms with Crippen molar-refractivity contribution >= 4 is 18.1 Å². The van der Waals surface area contributed by atoms with Crippen LogP contribution in [0.2, 0.25) is 0 Å². The van der Waals surface area contributed by atoms with E-state index in [1.54, 1.807) is 24.5 Å². The van der Waals surface area contributed by atoms with E-state index in [9.17, 15) is 4.79 Å². The monoisotopic (exact) mass is 300 g/mol. The maximum atomic E-state index is 12.0. The molecule has 2 rings (SSSR count). The first-order chi connectivity index (χ1) is 10.7. The van der Waals surface area contributed by atoms with Gasteiger partial charge in [0.25, 0.3) is 0 Å². The third kappa shape index (κ3) is 3.41. The minimum atomic E-state index is -0.530. The molecule has 0 aliphatic heterocycles. The molecule has 0 aromatic carbocycles. The summed E-state index contributed by atoms with van der Waals surface area (Å²) in [6, 6.07) is 5.24. The second kappa shape index (κ2) is 7.21. The third-order valence-corrected chi connectivity index (χ3v) is 2.92. The van der Waals surface area contributed by atoms with E-state index in [0.717, 1.165) is 5.56 Å². The Labute approximate surface area is 128 Å². The highest BCUT2D eigenvalue weighted by atomic mass is 16.5. The summed E-state index contributed by atoms with van der Waals surface area (Å²) in [4.78, 5) is 20.3. The number of carbonyl (C=O) groups excluding carboxylic acids is 1. The van der Waals surface area contributed by atoms with E-state index >= 15 is 0 Å². The van der Waals surface area contributed by atoms with Gasteiger partial charge in [-0.1, -0.05) is 12.1 Å². The van der Waals surface area contributed by atoms with Crippen LogP contribution >= 0.6 is 0 Å². The van der Waals surface area contributed by atoms with Crippen LogP contribution in [-0.4, -0.2) is 37.3 Å². The fraction of sp³-hybridized carbons (Fsp3) is 0.188. The summed E-state index contributed by atoms with van der Waals surface area (Å²) in [6.45, 7) is 0. The van der Waals surface area contributed by atoms with Gasteiger partial charge in [-0.25, -0.2) is 9.78 Å². The molecule has 0 bridgehead atoms. The van der Waals surface area contributed by atoms with Gasteiger partial charge in [0, 0.05) is 18.5 Å². The zero-order valence-corrected chi connectivity index (χ0v) is 12.6. The molecule has 0 unspecified atom stereocenters. The van der Waals surface area contributed by atoms with Gasteiger partial charge in [-0.2, -0.15) is 0 Å². The number of ether oxygens (including phenoxy) is 3. The molecule has 2 heterocycles. The second-order valence-electron chi connectivity index (χ2n) is 4.24. The van der Waals surface area contributed by atoms with Crippen LogP contribution in [0.25, 0.3) is 12.2 Å². The average molecular weight is 300 g/mol. The molecule has 0 saturated heterocycles. The number of hydrogen-bond donors (Lipinski definition) is 0. The van der Waals surface area contributed by atoms with Crippen molar-refractivity contribution in [3.05, 3.63) is 47.4 Å². The number of esters is 1. The predicted molar refractivity (Wildman–Crippen MR) is 81.8 cm³/mol. The lowest BCUT2D eigenvalue weighted by Gasteiger charge is -2.11. The highest BCUT2D eigenvalue weighted by Crippen LogP contribution is 2.27. The number of nitrogens with zero attached hydrogens (tertiary/aromatic N) is 2. The molecule has 0 radical (unpaired) electrons. The maximum Gasteiger partial charge on any atom is 0.343 e. The summed E-state index contributed by atoms with van der Waals surface area (Å²) in [5.41, 5.74) is 1.51. The lowest BCUT2D eigenvalue weighted by Crippen LogP contribution is -2.09. The Morgan fingerprint density at radius 1 is 1.18 bits per heavy atom. The van der Waals surface area contributed by atoms with Crippen LogP contribution < -0.4 is 9.47 Å². The Bertz CT molecular complexity index is 684. The number of hydrogen-bond acceptors (Lipinski definition) is 6. The molecule has 6 heteroatoms. The summed E-state index contributed by atoms with van der Waals surface area (Å²) < 4.78 is 15.2. The second-order valence-corrected chi connectivity index (χ2v) is 4.24. The van der Waals surface area contributed by atoms with Crippen molar-refractivity contribution in [3.8, 4) is 11.6 Å². The lowest BCUT2D eigenvalue weighted by atomic mass is 10.1. The molecule has 0 aliphatic carbocycles. The number of aromatic nitrogens is 2. The molecule has 6 nitrogen and oxygen atoms in total. The van der Waals surface area contributed by atoms with Gasteiger partial charge >= 0.3 is 5.97 Å². The number of carbonyl (C=O) groups is 1. The Morgan fingerprint density at radius 3 is 2.59 bits per heavy atom. The molecule has 0 amide bonds. The third-order valence-electron chi connectivity index (χ3n) is 2.92. The molecule has 0 aliphatic rings. The first-order valence-corrected chi connectivity index (χ1v) is 6.49. The molecule has 0 N–H and O–H groups in total. The number of methoxy groups -OCH3 is 3. The first-order valence-electron chi connectivity index (χ1n) is 6.49. The Kier molecular flexibility index (Phi) is 5.08. The molecular weight excluding hydrogens is 284 g/mol. The zero-order chi connectivity index (χ0) is 15.9. The van der Waals surface area contributed by atoms with Gasteiger partial charge in [0.1, 0.15) is 11.3 Å². The van der Waals surface area contributed by atoms with Crippen molar-refractivity contribution in [1.82, 2.24) is 9.97 Å². The fourth-order valence-corrected chi connectivity index (χ4v) is 1.86. The first kappa shape index (κ1) is 15.5. The summed E-state index contributed by atoms with van der Waals surface area (Å²) in [6.07, 6.45) is 6.87. The average Bonchev–Trinajstić information content (AvgIpc) is 2.59. The fourth-order valence-electron chi connectivity index (χ4n) is 1.86. The summed E-state index contributed by atoms with van der Waals surface area (Å²) in [5.74, 6) is 0.151. The van der Waals surface area contributed by atoms with Crippen LogP contribution in [0.4, 0.5) is 0 Å². The van der Waals surface area contributed by atoms with Crippen LogP contribution in [0, 0.1) is 0 Å². The molecule has 0 spiro atoms. The van der Waals surface area contributed by atoms with E-state index in [4.69, 9.17) is 14.2 Å². The van der Waals surface area contributed by atoms with E-state index in [2.05, 4.69) is 9.97 Å². The van der Waals surface area contributed by atoms with Gasteiger partial charge < -0.3 is 14.2 Å². The van der Waals surface area contributed by atoms with Crippen molar-refractivity contribution in [2.24, 2.45) is 0 Å². The minimum absolute atomic E-state index is 0.242. The van der Waals surface area contributed by atoms with Gasteiger partial charge in [0.15, 0.2) is 0 Å². The standard InChI is InChI=1S/C16H16N2O4/c1-20-13-9-14(21-2)18-12(15(13)16(19)22-3)7-6-11-5-4-8-17-10-11/h4-10H,1-3H3/b7-6+. The summed E-state index contributed by atoms with van der Waals surface area (Å²) in [7, 11) is 4.27. The van der Waals surface area contributed by atoms with Crippen LogP contribution in [-0.2, 0) is 4.74 Å². The van der Waals surface area contributed by atoms with E-state index in [1.807, 2.05) is 12.1 Å². The summed E-state index contributed by atoms with van der Waals surface area (Å²) >= 11 is 0. The molecule has 0 saturated carbocycles. The van der Waals surface area contributed by atoms with E-state index in [-0.39, 0.29) is 5.56 Å². The van der Waals surface area contributed by atoms with Crippen molar-refractivity contribution in [3.63, 3.8) is 0 Å². The van der Waals surface area contributed by atoms with Crippen LogP contribution in [0.3, 0.4) is 0 Å². The molecule has 0 fully saturated rings. The highest BCUT2D eigenvalue weighted by molar-refractivity contribution is 5.97. The van der Waals surface area contributed by atoms with Gasteiger partial charge in [0.05, 0.1) is 27.0 Å². The predicted octanol–water partition coefficient (Wildman–Crippen LogP) is 2.45. The largest absolute Gasteiger partial charge is 0.496 e. The molecule has 2 aromatic rings. The van der Waals surface area contributed by atoms with Gasteiger partial charge in [0.2, 0.25) is 5.88 Å². The van der Waals surface area contributed by atoms with Crippen LogP contribution in [0.15, 0.2) is 30.6 Å². The minimum Gasteiger partial charge on any atom is -0.496 e. The van der Waals surface area contributed by atoms with Crippen molar-refractivity contribution in [2.75, 3.05) is 21.3 Å². The Balaban J connectivity index is 2.52. The SMILES string of the molecule is COC(=O)c1c(OC)cc(OC)nc1/C=C/c1cccnc1. The van der Waals surface area contributed by atoms with Crippen LogP contribution in [0.5, 0.6) is 11.6 Å². The summed E-state index contributed by atoms with van der Waals surface area (Å²) in [5, 5.41) is 0. The van der Waals surface area contributed by atoms with E-state index in [1.165, 1.54) is 27.4 Å². The molecular formula is C16H16N2O4. The number of pyridine rings is 2. The van der Waals surface area contributed by atoms with Crippen LogP contribution in [0.1, 0.15) is 21.6 Å². The molecule has 114 valence electrons. The van der Waals surface area contributed by atoms with Crippen molar-refractivity contribution in [2.45, 2.75) is 0 Å². The molecule has 0 atom stereocenters. The highest BCUT2D eigenvalue weighted by Gasteiger charge is 2.20. The molecule has 22 heavy (non-hydrogen) atoms. The van der Waals surface area contributed by atoms with E-state index < -0.39 is 5.97 Å². The topological polar surface area (TPSA) is 70.5 Å². The lowest BCUT2D eigenvalue weighted by molar-refractivity contribution is 0.0596. The van der Waals surface area contributed by atoms with Gasteiger partial charge in [-0.3, -0.25) is 4.98 Å².